The molecule has 3 nitrogen and oxygen atoms in total. The van der Waals surface area contributed by atoms with E-state index < -0.39 is 11.4 Å². The fourth-order valence-corrected chi connectivity index (χ4v) is 3.20. The van der Waals surface area contributed by atoms with Crippen LogP contribution < -0.4 is 5.56 Å². The summed E-state index contributed by atoms with van der Waals surface area (Å²) in [6, 6.07) is 10.1. The zero-order valence-electron chi connectivity index (χ0n) is 11.4. The van der Waals surface area contributed by atoms with Gasteiger partial charge in [-0.25, -0.2) is 4.98 Å². The van der Waals surface area contributed by atoms with Crippen LogP contribution in [0.15, 0.2) is 35.1 Å². The molecule has 0 bridgehead atoms. The third-order valence-corrected chi connectivity index (χ3v) is 4.27. The van der Waals surface area contributed by atoms with E-state index in [9.17, 15) is 9.18 Å². The fourth-order valence-electron chi connectivity index (χ4n) is 3.20. The standard InChI is InChI=1S/C16H17FN2O/c1-11-13(17)14(20)19-15(18-11)16(9-5-6-10-16)12-7-3-2-4-8-12/h2-4,7-8H,5-6,9-10H2,1H3,(H,18,19,20). The van der Waals surface area contributed by atoms with Crippen LogP contribution in [-0.2, 0) is 5.41 Å². The molecule has 0 radical (unpaired) electrons. The van der Waals surface area contributed by atoms with Crippen molar-refractivity contribution in [2.24, 2.45) is 0 Å². The van der Waals surface area contributed by atoms with Crippen LogP contribution in [-0.4, -0.2) is 9.97 Å². The number of hydrogen-bond acceptors (Lipinski definition) is 2. The van der Waals surface area contributed by atoms with Gasteiger partial charge < -0.3 is 4.98 Å². The number of nitrogens with zero attached hydrogens (tertiary/aromatic N) is 1. The second-order valence-electron chi connectivity index (χ2n) is 5.47. The summed E-state index contributed by atoms with van der Waals surface area (Å²) < 4.78 is 13.5. The van der Waals surface area contributed by atoms with E-state index in [0.29, 0.717) is 5.82 Å². The number of aromatic nitrogens is 2. The topological polar surface area (TPSA) is 45.8 Å². The Morgan fingerprint density at radius 1 is 1.20 bits per heavy atom. The zero-order valence-corrected chi connectivity index (χ0v) is 11.4. The van der Waals surface area contributed by atoms with E-state index in [1.807, 2.05) is 18.2 Å². The first kappa shape index (κ1) is 13.0. The molecule has 1 aliphatic carbocycles. The third kappa shape index (κ3) is 1.96. The molecule has 0 aliphatic heterocycles. The second-order valence-corrected chi connectivity index (χ2v) is 5.47. The highest BCUT2D eigenvalue weighted by Gasteiger charge is 2.39. The number of hydrogen-bond donors (Lipinski definition) is 1. The van der Waals surface area contributed by atoms with Gasteiger partial charge in [0.15, 0.2) is 0 Å². The van der Waals surface area contributed by atoms with Crippen molar-refractivity contribution in [2.75, 3.05) is 0 Å². The Labute approximate surface area is 116 Å². The van der Waals surface area contributed by atoms with Gasteiger partial charge in [0.05, 0.1) is 11.1 Å². The van der Waals surface area contributed by atoms with Gasteiger partial charge in [-0.15, -0.1) is 0 Å². The zero-order chi connectivity index (χ0) is 14.2. The van der Waals surface area contributed by atoms with Crippen molar-refractivity contribution >= 4 is 0 Å². The molecule has 1 fully saturated rings. The summed E-state index contributed by atoms with van der Waals surface area (Å²) in [4.78, 5) is 18.7. The molecule has 1 saturated carbocycles. The van der Waals surface area contributed by atoms with Crippen LogP contribution in [0.1, 0.15) is 42.8 Å². The molecule has 0 atom stereocenters. The number of aromatic amines is 1. The average Bonchev–Trinajstić information content (AvgIpc) is 2.96. The predicted molar refractivity (Wildman–Crippen MR) is 75.2 cm³/mol. The summed E-state index contributed by atoms with van der Waals surface area (Å²) in [6.07, 6.45) is 4.06. The van der Waals surface area contributed by atoms with Crippen molar-refractivity contribution in [2.45, 2.75) is 38.0 Å². The van der Waals surface area contributed by atoms with Crippen molar-refractivity contribution in [3.05, 3.63) is 63.6 Å². The van der Waals surface area contributed by atoms with Crippen molar-refractivity contribution < 1.29 is 4.39 Å². The number of benzene rings is 1. The molecule has 1 heterocycles. The van der Waals surface area contributed by atoms with Crippen LogP contribution in [0.2, 0.25) is 0 Å². The van der Waals surface area contributed by atoms with Gasteiger partial charge in [-0.05, 0) is 25.3 Å². The lowest BCUT2D eigenvalue weighted by Crippen LogP contribution is -2.31. The SMILES string of the molecule is Cc1nc(C2(c3ccccc3)CCCC2)[nH]c(=O)c1F. The van der Waals surface area contributed by atoms with Crippen LogP contribution in [0.25, 0.3) is 0 Å². The van der Waals surface area contributed by atoms with Crippen LogP contribution in [0.5, 0.6) is 0 Å². The maximum absolute atomic E-state index is 13.5. The molecule has 20 heavy (non-hydrogen) atoms. The molecule has 0 saturated heterocycles. The van der Waals surface area contributed by atoms with E-state index in [-0.39, 0.29) is 11.1 Å². The normalized spacial score (nSPS) is 17.3. The fraction of sp³-hybridized carbons (Fsp3) is 0.375. The highest BCUT2D eigenvalue weighted by Crippen LogP contribution is 2.44. The Balaban J connectivity index is 2.20. The van der Waals surface area contributed by atoms with Gasteiger partial charge in [0, 0.05) is 0 Å². The molecule has 0 amide bonds. The third-order valence-electron chi connectivity index (χ3n) is 4.27. The Hall–Kier alpha value is -1.97. The minimum absolute atomic E-state index is 0.172. The van der Waals surface area contributed by atoms with Crippen LogP contribution >= 0.6 is 0 Å². The molecule has 0 spiro atoms. The van der Waals surface area contributed by atoms with Gasteiger partial charge in [0.2, 0.25) is 5.82 Å². The van der Waals surface area contributed by atoms with E-state index >= 15 is 0 Å². The van der Waals surface area contributed by atoms with Gasteiger partial charge in [-0.1, -0.05) is 43.2 Å². The molecule has 3 rings (SSSR count). The minimum Gasteiger partial charge on any atom is -0.307 e. The highest BCUT2D eigenvalue weighted by molar-refractivity contribution is 5.34. The van der Waals surface area contributed by atoms with Crippen molar-refractivity contribution in [1.82, 2.24) is 9.97 Å². The number of aryl methyl sites for hydroxylation is 1. The summed E-state index contributed by atoms with van der Waals surface area (Å²) >= 11 is 0. The Kier molecular flexibility index (Phi) is 3.16. The van der Waals surface area contributed by atoms with Crippen LogP contribution in [0.3, 0.4) is 0 Å². The first-order valence-corrected chi connectivity index (χ1v) is 6.96. The number of halogens is 1. The van der Waals surface area contributed by atoms with Gasteiger partial charge in [0.25, 0.3) is 5.56 Å². The Morgan fingerprint density at radius 3 is 2.45 bits per heavy atom. The maximum Gasteiger partial charge on any atom is 0.287 e. The summed E-state index contributed by atoms with van der Waals surface area (Å²) in [5.74, 6) is -0.181. The largest absolute Gasteiger partial charge is 0.307 e. The van der Waals surface area contributed by atoms with Gasteiger partial charge in [0.1, 0.15) is 5.82 Å². The monoisotopic (exact) mass is 272 g/mol. The molecule has 1 N–H and O–H groups in total. The first-order chi connectivity index (χ1) is 9.63. The first-order valence-electron chi connectivity index (χ1n) is 6.96. The van der Waals surface area contributed by atoms with Gasteiger partial charge >= 0.3 is 0 Å². The summed E-state index contributed by atoms with van der Waals surface area (Å²) in [7, 11) is 0. The maximum atomic E-state index is 13.5. The summed E-state index contributed by atoms with van der Waals surface area (Å²) in [5.41, 5.74) is 0.367. The molecule has 1 aromatic carbocycles. The molecule has 1 aliphatic rings. The van der Waals surface area contributed by atoms with Crippen molar-refractivity contribution in [3.63, 3.8) is 0 Å². The van der Waals surface area contributed by atoms with E-state index in [0.717, 1.165) is 31.2 Å². The lowest BCUT2D eigenvalue weighted by atomic mass is 9.78. The van der Waals surface area contributed by atoms with E-state index in [1.165, 1.54) is 0 Å². The molecule has 0 unspecified atom stereocenters. The quantitative estimate of drug-likeness (QED) is 0.913. The molecule has 104 valence electrons. The number of nitrogens with one attached hydrogen (secondary N) is 1. The van der Waals surface area contributed by atoms with Crippen LogP contribution in [0.4, 0.5) is 4.39 Å². The second kappa shape index (κ2) is 4.85. The van der Waals surface area contributed by atoms with Crippen molar-refractivity contribution in [3.8, 4) is 0 Å². The predicted octanol–water partition coefficient (Wildman–Crippen LogP) is 3.08. The Bertz CT molecular complexity index is 673. The lowest BCUT2D eigenvalue weighted by molar-refractivity contribution is 0.482. The molecular formula is C16H17FN2O. The average molecular weight is 272 g/mol. The molecule has 1 aromatic heterocycles. The number of rotatable bonds is 2. The molecule has 2 aromatic rings. The lowest BCUT2D eigenvalue weighted by Gasteiger charge is -2.28. The van der Waals surface area contributed by atoms with Gasteiger partial charge in [-0.3, -0.25) is 4.79 Å². The molecular weight excluding hydrogens is 255 g/mol. The Morgan fingerprint density at radius 2 is 1.85 bits per heavy atom. The summed E-state index contributed by atoms with van der Waals surface area (Å²) in [6.45, 7) is 1.54. The minimum atomic E-state index is -0.782. The number of H-pyrrole nitrogens is 1. The van der Waals surface area contributed by atoms with E-state index in [1.54, 1.807) is 6.92 Å². The smallest absolute Gasteiger partial charge is 0.287 e. The van der Waals surface area contributed by atoms with Crippen molar-refractivity contribution in [1.29, 1.82) is 0 Å². The highest BCUT2D eigenvalue weighted by atomic mass is 19.1. The van der Waals surface area contributed by atoms with Crippen LogP contribution in [0, 0.1) is 12.7 Å². The van der Waals surface area contributed by atoms with E-state index in [4.69, 9.17) is 0 Å². The summed E-state index contributed by atoms with van der Waals surface area (Å²) in [5, 5.41) is 0. The van der Waals surface area contributed by atoms with E-state index in [2.05, 4.69) is 22.1 Å². The molecule has 4 heteroatoms. The van der Waals surface area contributed by atoms with Gasteiger partial charge in [-0.2, -0.15) is 4.39 Å².